The highest BCUT2D eigenvalue weighted by Crippen LogP contribution is 2.24. The van der Waals surface area contributed by atoms with Gasteiger partial charge < -0.3 is 5.32 Å². The van der Waals surface area contributed by atoms with Gasteiger partial charge in [0.25, 0.3) is 0 Å². The van der Waals surface area contributed by atoms with E-state index in [0.29, 0.717) is 0 Å². The molecule has 1 fully saturated rings. The van der Waals surface area contributed by atoms with Gasteiger partial charge >= 0.3 is 0 Å². The molecule has 2 aromatic carbocycles. The molecular formula is C18H20BrN3O. The van der Waals surface area contributed by atoms with Crippen molar-refractivity contribution in [1.82, 2.24) is 10.9 Å². The second-order valence-corrected chi connectivity index (χ2v) is 6.90. The molecule has 0 radical (unpaired) electrons. The number of carbonyl (C=O) groups excluding carboxylic acids is 1. The number of amides is 1. The molecule has 2 aromatic rings. The number of carbonyl (C=O) groups is 1. The molecule has 0 aliphatic carbocycles. The van der Waals surface area contributed by atoms with Crippen LogP contribution in [0.25, 0.3) is 0 Å². The standard InChI is InChI=1S/C18H20BrN3O/c1-11-3-5-13(6-4-11)16-10-17(22-21-16)18(23)20-15-8-7-14(19)9-12(15)2/h3-9,16-17,21-22H,10H2,1-2H3,(H,20,23). The van der Waals surface area contributed by atoms with Gasteiger partial charge in [0.05, 0.1) is 0 Å². The van der Waals surface area contributed by atoms with E-state index in [9.17, 15) is 4.79 Å². The Kier molecular flexibility index (Phi) is 4.80. The van der Waals surface area contributed by atoms with Gasteiger partial charge in [-0.3, -0.25) is 4.79 Å². The van der Waals surface area contributed by atoms with Gasteiger partial charge in [0.15, 0.2) is 0 Å². The second kappa shape index (κ2) is 6.83. The van der Waals surface area contributed by atoms with Crippen molar-refractivity contribution in [3.63, 3.8) is 0 Å². The molecule has 1 aliphatic heterocycles. The maximum atomic E-state index is 12.5. The molecule has 0 bridgehead atoms. The number of benzene rings is 2. The molecule has 3 rings (SSSR count). The first-order chi connectivity index (χ1) is 11.0. The number of rotatable bonds is 3. The number of hydrogen-bond donors (Lipinski definition) is 3. The average molecular weight is 374 g/mol. The number of aryl methyl sites for hydroxylation is 2. The first-order valence-corrected chi connectivity index (χ1v) is 8.47. The first-order valence-electron chi connectivity index (χ1n) is 7.67. The van der Waals surface area contributed by atoms with Crippen LogP contribution in [-0.4, -0.2) is 11.9 Å². The number of nitrogens with one attached hydrogen (secondary N) is 3. The Morgan fingerprint density at radius 1 is 1.13 bits per heavy atom. The highest BCUT2D eigenvalue weighted by atomic mass is 79.9. The van der Waals surface area contributed by atoms with Crippen molar-refractivity contribution >= 4 is 27.5 Å². The van der Waals surface area contributed by atoms with E-state index in [0.717, 1.165) is 22.1 Å². The van der Waals surface area contributed by atoms with Gasteiger partial charge in [-0.2, -0.15) is 0 Å². The van der Waals surface area contributed by atoms with Gasteiger partial charge in [0.1, 0.15) is 6.04 Å². The maximum absolute atomic E-state index is 12.5. The van der Waals surface area contributed by atoms with Crippen molar-refractivity contribution in [3.8, 4) is 0 Å². The van der Waals surface area contributed by atoms with Crippen LogP contribution in [0.3, 0.4) is 0 Å². The van der Waals surface area contributed by atoms with Gasteiger partial charge in [-0.05, 0) is 49.6 Å². The highest BCUT2D eigenvalue weighted by molar-refractivity contribution is 9.10. The summed E-state index contributed by atoms with van der Waals surface area (Å²) in [7, 11) is 0. The van der Waals surface area contributed by atoms with E-state index in [1.165, 1.54) is 11.1 Å². The van der Waals surface area contributed by atoms with E-state index in [1.807, 2.05) is 25.1 Å². The third kappa shape index (κ3) is 3.80. The predicted molar refractivity (Wildman–Crippen MR) is 96.1 cm³/mol. The van der Waals surface area contributed by atoms with E-state index < -0.39 is 0 Å². The van der Waals surface area contributed by atoms with Crippen molar-refractivity contribution in [3.05, 3.63) is 63.6 Å². The van der Waals surface area contributed by atoms with Gasteiger partial charge in [-0.15, -0.1) is 0 Å². The molecule has 1 aliphatic rings. The lowest BCUT2D eigenvalue weighted by Gasteiger charge is -2.13. The quantitative estimate of drug-likeness (QED) is 0.769. The number of hydrazine groups is 1. The fourth-order valence-electron chi connectivity index (χ4n) is 2.73. The molecule has 3 N–H and O–H groups in total. The molecule has 1 amide bonds. The summed E-state index contributed by atoms with van der Waals surface area (Å²) in [6.45, 7) is 4.05. The Labute approximate surface area is 144 Å². The van der Waals surface area contributed by atoms with Crippen LogP contribution >= 0.6 is 15.9 Å². The van der Waals surface area contributed by atoms with Crippen LogP contribution in [0, 0.1) is 13.8 Å². The number of hydrogen-bond acceptors (Lipinski definition) is 3. The summed E-state index contributed by atoms with van der Waals surface area (Å²) in [6, 6.07) is 14.1. The summed E-state index contributed by atoms with van der Waals surface area (Å²) < 4.78 is 1.01. The van der Waals surface area contributed by atoms with E-state index in [4.69, 9.17) is 0 Å². The minimum atomic E-state index is -0.246. The molecule has 0 aromatic heterocycles. The van der Waals surface area contributed by atoms with Gasteiger partial charge in [0, 0.05) is 16.2 Å². The summed E-state index contributed by atoms with van der Waals surface area (Å²) in [6.07, 6.45) is 0.727. The molecule has 2 atom stereocenters. The molecule has 0 saturated carbocycles. The van der Waals surface area contributed by atoms with Crippen LogP contribution in [0.1, 0.15) is 29.2 Å². The van der Waals surface area contributed by atoms with E-state index in [2.05, 4.69) is 63.3 Å². The fraction of sp³-hybridized carbons (Fsp3) is 0.278. The van der Waals surface area contributed by atoms with Crippen molar-refractivity contribution in [1.29, 1.82) is 0 Å². The van der Waals surface area contributed by atoms with Gasteiger partial charge in [0.2, 0.25) is 5.91 Å². The van der Waals surface area contributed by atoms with Crippen molar-refractivity contribution in [2.75, 3.05) is 5.32 Å². The largest absolute Gasteiger partial charge is 0.324 e. The van der Waals surface area contributed by atoms with Crippen molar-refractivity contribution in [2.24, 2.45) is 0 Å². The van der Waals surface area contributed by atoms with Crippen LogP contribution in [0.15, 0.2) is 46.9 Å². The topological polar surface area (TPSA) is 53.2 Å². The molecule has 2 unspecified atom stereocenters. The Hall–Kier alpha value is -1.69. The van der Waals surface area contributed by atoms with E-state index in [1.54, 1.807) is 0 Å². The zero-order valence-electron chi connectivity index (χ0n) is 13.2. The van der Waals surface area contributed by atoms with Crippen LogP contribution in [0.5, 0.6) is 0 Å². The Morgan fingerprint density at radius 2 is 1.87 bits per heavy atom. The molecule has 0 spiro atoms. The predicted octanol–water partition coefficient (Wildman–Crippen LogP) is 3.61. The second-order valence-electron chi connectivity index (χ2n) is 5.99. The third-order valence-electron chi connectivity index (χ3n) is 4.15. The maximum Gasteiger partial charge on any atom is 0.242 e. The summed E-state index contributed by atoms with van der Waals surface area (Å²) in [4.78, 5) is 12.5. The lowest BCUT2D eigenvalue weighted by molar-refractivity contribution is -0.117. The Morgan fingerprint density at radius 3 is 2.57 bits per heavy atom. The Bertz CT molecular complexity index is 715. The third-order valence-corrected chi connectivity index (χ3v) is 4.64. The molecule has 1 heterocycles. The lowest BCUT2D eigenvalue weighted by Crippen LogP contribution is -2.39. The van der Waals surface area contributed by atoms with Gasteiger partial charge in [-0.25, -0.2) is 10.9 Å². The zero-order valence-corrected chi connectivity index (χ0v) is 14.8. The molecule has 23 heavy (non-hydrogen) atoms. The molecule has 120 valence electrons. The molecular weight excluding hydrogens is 354 g/mol. The van der Waals surface area contributed by atoms with E-state index >= 15 is 0 Å². The molecule has 4 nitrogen and oxygen atoms in total. The van der Waals surface area contributed by atoms with Crippen LogP contribution in [0.2, 0.25) is 0 Å². The van der Waals surface area contributed by atoms with E-state index in [-0.39, 0.29) is 18.0 Å². The monoisotopic (exact) mass is 373 g/mol. The highest BCUT2D eigenvalue weighted by Gasteiger charge is 2.30. The summed E-state index contributed by atoms with van der Waals surface area (Å²) in [5, 5.41) is 3.00. The first kappa shape index (κ1) is 16.2. The van der Waals surface area contributed by atoms with Gasteiger partial charge in [-0.1, -0.05) is 45.8 Å². The average Bonchev–Trinajstić information content (AvgIpc) is 3.01. The smallest absolute Gasteiger partial charge is 0.242 e. The minimum Gasteiger partial charge on any atom is -0.324 e. The molecule has 5 heteroatoms. The number of halogens is 1. The lowest BCUT2D eigenvalue weighted by atomic mass is 10.0. The summed E-state index contributed by atoms with van der Waals surface area (Å²) in [5.74, 6) is -0.0162. The normalized spacial score (nSPS) is 20.5. The fourth-order valence-corrected chi connectivity index (χ4v) is 3.21. The summed E-state index contributed by atoms with van der Waals surface area (Å²) >= 11 is 3.43. The SMILES string of the molecule is Cc1ccc(C2CC(C(=O)Nc3ccc(Br)cc3C)NN2)cc1. The summed E-state index contributed by atoms with van der Waals surface area (Å²) in [5.41, 5.74) is 10.6. The number of anilines is 1. The van der Waals surface area contributed by atoms with Crippen LogP contribution < -0.4 is 16.2 Å². The van der Waals surface area contributed by atoms with Crippen molar-refractivity contribution in [2.45, 2.75) is 32.4 Å². The molecule has 1 saturated heterocycles. The van der Waals surface area contributed by atoms with Crippen LogP contribution in [0.4, 0.5) is 5.69 Å². The van der Waals surface area contributed by atoms with Crippen LogP contribution in [-0.2, 0) is 4.79 Å². The minimum absolute atomic E-state index is 0.0162. The van der Waals surface area contributed by atoms with Crippen molar-refractivity contribution < 1.29 is 4.79 Å². The zero-order chi connectivity index (χ0) is 16.4. The Balaban J connectivity index is 1.64.